The minimum absolute atomic E-state index is 0.0549. The smallest absolute Gasteiger partial charge is 0.193 e. The first-order valence-electron chi connectivity index (χ1n) is 5.97. The summed E-state index contributed by atoms with van der Waals surface area (Å²) in [7, 11) is 0. The van der Waals surface area contributed by atoms with E-state index in [2.05, 4.69) is 0 Å². The van der Waals surface area contributed by atoms with Gasteiger partial charge in [0, 0.05) is 16.8 Å². The number of hydrogen-bond acceptors (Lipinski definition) is 2. The third-order valence-corrected chi connectivity index (χ3v) is 3.38. The van der Waals surface area contributed by atoms with Crippen LogP contribution in [-0.4, -0.2) is 5.78 Å². The lowest BCUT2D eigenvalue weighted by Gasteiger charge is -2.09. The summed E-state index contributed by atoms with van der Waals surface area (Å²) < 4.78 is 0. The molecular weight excluding hydrogens is 222 g/mol. The van der Waals surface area contributed by atoms with Crippen LogP contribution in [0.15, 0.2) is 36.4 Å². The molecule has 2 N–H and O–H groups in total. The van der Waals surface area contributed by atoms with E-state index in [1.807, 2.05) is 45.0 Å². The molecule has 2 aromatic rings. The highest BCUT2D eigenvalue weighted by Crippen LogP contribution is 2.19. The molecule has 0 amide bonds. The Labute approximate surface area is 107 Å². The maximum Gasteiger partial charge on any atom is 0.193 e. The van der Waals surface area contributed by atoms with E-state index in [0.29, 0.717) is 11.3 Å². The third-order valence-electron chi connectivity index (χ3n) is 3.38. The van der Waals surface area contributed by atoms with E-state index in [4.69, 9.17) is 5.73 Å². The maximum absolute atomic E-state index is 12.4. The summed E-state index contributed by atoms with van der Waals surface area (Å²) in [4.78, 5) is 12.4. The summed E-state index contributed by atoms with van der Waals surface area (Å²) in [6.45, 7) is 5.91. The molecule has 0 bridgehead atoms. The number of hydrogen-bond donors (Lipinski definition) is 1. The van der Waals surface area contributed by atoms with Crippen molar-refractivity contribution in [3.63, 3.8) is 0 Å². The van der Waals surface area contributed by atoms with E-state index in [1.165, 1.54) is 0 Å². The minimum atomic E-state index is 0.0549. The van der Waals surface area contributed by atoms with E-state index in [-0.39, 0.29) is 5.78 Å². The predicted octanol–water partition coefficient (Wildman–Crippen LogP) is 3.43. The molecule has 2 rings (SSSR count). The number of aryl methyl sites for hydroxylation is 2. The highest BCUT2D eigenvalue weighted by molar-refractivity contribution is 6.10. The number of carbonyl (C=O) groups is 1. The molecule has 0 unspecified atom stereocenters. The Hall–Kier alpha value is -2.09. The van der Waals surface area contributed by atoms with Gasteiger partial charge in [-0.25, -0.2) is 0 Å². The Morgan fingerprint density at radius 3 is 2.39 bits per heavy atom. The van der Waals surface area contributed by atoms with E-state index < -0.39 is 0 Å². The second kappa shape index (κ2) is 4.65. The zero-order valence-corrected chi connectivity index (χ0v) is 10.9. The molecule has 0 fully saturated rings. The van der Waals surface area contributed by atoms with Crippen LogP contribution in [0.5, 0.6) is 0 Å². The first kappa shape index (κ1) is 12.4. The molecule has 2 aromatic carbocycles. The Kier molecular flexibility index (Phi) is 3.19. The van der Waals surface area contributed by atoms with Crippen molar-refractivity contribution in [2.75, 3.05) is 5.73 Å². The van der Waals surface area contributed by atoms with Crippen LogP contribution in [0.1, 0.15) is 32.6 Å². The summed E-state index contributed by atoms with van der Waals surface area (Å²) in [5.41, 5.74) is 11.0. The molecule has 92 valence electrons. The van der Waals surface area contributed by atoms with Crippen LogP contribution in [0.25, 0.3) is 0 Å². The zero-order chi connectivity index (χ0) is 13.3. The van der Waals surface area contributed by atoms with Crippen LogP contribution in [0.2, 0.25) is 0 Å². The second-order valence-corrected chi connectivity index (χ2v) is 4.65. The van der Waals surface area contributed by atoms with Crippen LogP contribution >= 0.6 is 0 Å². The first-order chi connectivity index (χ1) is 8.50. The van der Waals surface area contributed by atoms with Crippen molar-refractivity contribution < 1.29 is 4.79 Å². The number of nitrogen functional groups attached to an aromatic ring is 1. The van der Waals surface area contributed by atoms with Gasteiger partial charge in [-0.15, -0.1) is 0 Å². The van der Waals surface area contributed by atoms with Gasteiger partial charge < -0.3 is 5.73 Å². The van der Waals surface area contributed by atoms with Gasteiger partial charge in [-0.05, 0) is 55.7 Å². The average Bonchev–Trinajstić information content (AvgIpc) is 2.35. The highest BCUT2D eigenvalue weighted by atomic mass is 16.1. The molecule has 0 saturated carbocycles. The predicted molar refractivity (Wildman–Crippen MR) is 74.9 cm³/mol. The topological polar surface area (TPSA) is 43.1 Å². The van der Waals surface area contributed by atoms with Crippen LogP contribution in [0.3, 0.4) is 0 Å². The molecule has 0 spiro atoms. The lowest BCUT2D eigenvalue weighted by molar-refractivity contribution is 0.103. The molecule has 0 heterocycles. The monoisotopic (exact) mass is 239 g/mol. The van der Waals surface area contributed by atoms with E-state index in [1.54, 1.807) is 12.1 Å². The number of benzene rings is 2. The molecule has 0 saturated heterocycles. The number of rotatable bonds is 2. The Morgan fingerprint density at radius 2 is 1.72 bits per heavy atom. The van der Waals surface area contributed by atoms with Gasteiger partial charge in [0.1, 0.15) is 0 Å². The van der Waals surface area contributed by atoms with Crippen molar-refractivity contribution in [1.82, 2.24) is 0 Å². The van der Waals surface area contributed by atoms with Gasteiger partial charge in [0.25, 0.3) is 0 Å². The van der Waals surface area contributed by atoms with Crippen LogP contribution < -0.4 is 5.73 Å². The van der Waals surface area contributed by atoms with Crippen molar-refractivity contribution in [3.8, 4) is 0 Å². The normalized spacial score (nSPS) is 10.4. The third kappa shape index (κ3) is 2.14. The van der Waals surface area contributed by atoms with Crippen molar-refractivity contribution in [3.05, 3.63) is 64.2 Å². The van der Waals surface area contributed by atoms with Crippen molar-refractivity contribution in [2.24, 2.45) is 0 Å². The lowest BCUT2D eigenvalue weighted by atomic mass is 9.95. The standard InChI is InChI=1S/C16H17NO/c1-10-5-4-6-14(12(10)3)16(18)13-7-8-15(17)11(2)9-13/h4-9H,17H2,1-3H3. The minimum Gasteiger partial charge on any atom is -0.399 e. The molecule has 0 radical (unpaired) electrons. The Morgan fingerprint density at radius 1 is 1.00 bits per heavy atom. The van der Waals surface area contributed by atoms with Gasteiger partial charge in [-0.1, -0.05) is 18.2 Å². The van der Waals surface area contributed by atoms with Gasteiger partial charge >= 0.3 is 0 Å². The second-order valence-electron chi connectivity index (χ2n) is 4.65. The van der Waals surface area contributed by atoms with Gasteiger partial charge in [0.05, 0.1) is 0 Å². The fourth-order valence-electron chi connectivity index (χ4n) is 1.97. The zero-order valence-electron chi connectivity index (χ0n) is 10.9. The number of anilines is 1. The Bertz CT molecular complexity index is 614. The summed E-state index contributed by atoms with van der Waals surface area (Å²) >= 11 is 0. The average molecular weight is 239 g/mol. The van der Waals surface area contributed by atoms with Crippen molar-refractivity contribution >= 4 is 11.5 Å². The summed E-state index contributed by atoms with van der Waals surface area (Å²) in [6.07, 6.45) is 0. The van der Waals surface area contributed by atoms with Crippen LogP contribution in [0.4, 0.5) is 5.69 Å². The molecule has 18 heavy (non-hydrogen) atoms. The van der Waals surface area contributed by atoms with E-state index in [0.717, 1.165) is 22.3 Å². The van der Waals surface area contributed by atoms with Gasteiger partial charge in [-0.2, -0.15) is 0 Å². The van der Waals surface area contributed by atoms with Crippen LogP contribution in [-0.2, 0) is 0 Å². The summed E-state index contributed by atoms with van der Waals surface area (Å²) in [5.74, 6) is 0.0549. The molecular formula is C16H17NO. The fraction of sp³-hybridized carbons (Fsp3) is 0.188. The van der Waals surface area contributed by atoms with E-state index >= 15 is 0 Å². The van der Waals surface area contributed by atoms with Crippen LogP contribution in [0, 0.1) is 20.8 Å². The largest absolute Gasteiger partial charge is 0.399 e. The fourth-order valence-corrected chi connectivity index (χ4v) is 1.97. The number of nitrogens with two attached hydrogens (primary N) is 1. The number of carbonyl (C=O) groups excluding carboxylic acids is 1. The summed E-state index contributed by atoms with van der Waals surface area (Å²) in [6, 6.07) is 11.2. The van der Waals surface area contributed by atoms with Gasteiger partial charge in [0.15, 0.2) is 5.78 Å². The quantitative estimate of drug-likeness (QED) is 0.644. The van der Waals surface area contributed by atoms with E-state index in [9.17, 15) is 4.79 Å². The van der Waals surface area contributed by atoms with Crippen molar-refractivity contribution in [1.29, 1.82) is 0 Å². The first-order valence-corrected chi connectivity index (χ1v) is 5.97. The Balaban J connectivity index is 2.48. The summed E-state index contributed by atoms with van der Waals surface area (Å²) in [5, 5.41) is 0. The molecule has 0 aliphatic heterocycles. The van der Waals surface area contributed by atoms with Gasteiger partial charge in [-0.3, -0.25) is 4.79 Å². The number of ketones is 1. The molecule has 2 heteroatoms. The molecule has 0 aromatic heterocycles. The lowest BCUT2D eigenvalue weighted by Crippen LogP contribution is -2.05. The maximum atomic E-state index is 12.4. The molecule has 2 nitrogen and oxygen atoms in total. The van der Waals surface area contributed by atoms with Crippen molar-refractivity contribution in [2.45, 2.75) is 20.8 Å². The van der Waals surface area contributed by atoms with Gasteiger partial charge in [0.2, 0.25) is 0 Å². The molecule has 0 aliphatic rings. The molecule has 0 atom stereocenters. The molecule has 0 aliphatic carbocycles. The highest BCUT2D eigenvalue weighted by Gasteiger charge is 2.13. The SMILES string of the molecule is Cc1cc(C(=O)c2cccc(C)c2C)ccc1N.